The maximum absolute atomic E-state index is 5.70. The lowest BCUT2D eigenvalue weighted by Crippen LogP contribution is -2.10. The molecule has 4 rings (SSSR count). The van der Waals surface area contributed by atoms with Crippen LogP contribution in [0.15, 0.2) is 10.8 Å². The molecule has 0 fully saturated rings. The Balaban J connectivity index is 2.00. The molecule has 0 amide bonds. The summed E-state index contributed by atoms with van der Waals surface area (Å²) < 4.78 is 0. The fourth-order valence-corrected chi connectivity index (χ4v) is 4.90. The molecule has 4 nitrogen and oxygen atoms in total. The van der Waals surface area contributed by atoms with Gasteiger partial charge in [-0.1, -0.05) is 0 Å². The lowest BCUT2D eigenvalue weighted by atomic mass is 10.1. The van der Waals surface area contributed by atoms with Crippen LogP contribution in [0, 0.1) is 6.92 Å². The molecule has 0 atom stereocenters. The van der Waals surface area contributed by atoms with Crippen molar-refractivity contribution in [3.05, 3.63) is 26.8 Å². The van der Waals surface area contributed by atoms with Gasteiger partial charge >= 0.3 is 0 Å². The van der Waals surface area contributed by atoms with E-state index in [0.717, 1.165) is 40.3 Å². The molecule has 0 radical (unpaired) electrons. The van der Waals surface area contributed by atoms with Crippen molar-refractivity contribution in [1.82, 2.24) is 9.97 Å². The molecule has 20 heavy (non-hydrogen) atoms. The molecule has 0 saturated heterocycles. The summed E-state index contributed by atoms with van der Waals surface area (Å²) in [6.07, 6.45) is 3.50. The van der Waals surface area contributed by atoms with Gasteiger partial charge in [0.25, 0.3) is 0 Å². The van der Waals surface area contributed by atoms with E-state index >= 15 is 0 Å². The fraction of sp³-hybridized carbons (Fsp3) is 0.286. The highest BCUT2D eigenvalue weighted by atomic mass is 32.1. The molecule has 0 saturated carbocycles. The number of aryl methyl sites for hydroxylation is 3. The number of nitrogens with one attached hydrogen (secondary N) is 1. The van der Waals surface area contributed by atoms with Crippen LogP contribution in [0.2, 0.25) is 0 Å². The number of fused-ring (bicyclic) bond motifs is 3. The number of nitrogens with zero attached hydrogens (tertiary/aromatic N) is 2. The second kappa shape index (κ2) is 4.51. The predicted molar refractivity (Wildman–Crippen MR) is 85.3 cm³/mol. The zero-order valence-corrected chi connectivity index (χ0v) is 12.7. The molecule has 0 aromatic carbocycles. The molecule has 3 N–H and O–H groups in total. The number of thiophene rings is 2. The van der Waals surface area contributed by atoms with Crippen LogP contribution in [0.4, 0.5) is 5.82 Å². The predicted octanol–water partition coefficient (Wildman–Crippen LogP) is 3.50. The van der Waals surface area contributed by atoms with E-state index in [1.54, 1.807) is 22.7 Å². The number of hydrazine groups is 1. The van der Waals surface area contributed by atoms with Crippen LogP contribution in [0.5, 0.6) is 0 Å². The van der Waals surface area contributed by atoms with Crippen LogP contribution in [-0.4, -0.2) is 9.97 Å². The Morgan fingerprint density at radius 3 is 2.90 bits per heavy atom. The van der Waals surface area contributed by atoms with Crippen molar-refractivity contribution >= 4 is 38.7 Å². The summed E-state index contributed by atoms with van der Waals surface area (Å²) >= 11 is 3.47. The third kappa shape index (κ3) is 1.69. The van der Waals surface area contributed by atoms with Crippen LogP contribution >= 0.6 is 22.7 Å². The minimum Gasteiger partial charge on any atom is -0.308 e. The average molecular weight is 302 g/mol. The van der Waals surface area contributed by atoms with Crippen molar-refractivity contribution in [2.45, 2.75) is 26.2 Å². The van der Waals surface area contributed by atoms with Gasteiger partial charge in [-0.15, -0.1) is 11.3 Å². The van der Waals surface area contributed by atoms with E-state index in [4.69, 9.17) is 10.8 Å². The molecular formula is C14H14N4S2. The van der Waals surface area contributed by atoms with Crippen molar-refractivity contribution in [2.75, 3.05) is 5.43 Å². The van der Waals surface area contributed by atoms with Gasteiger partial charge in [-0.05, 0) is 42.7 Å². The van der Waals surface area contributed by atoms with E-state index in [1.807, 2.05) is 0 Å². The standard InChI is InChI=1S/C14H14N4S2/c1-7-5-19-6-9(7)12-16-13(18-15)11-8-3-2-4-10(8)20-14(11)17-12/h5-6H,2-4,15H2,1H3,(H,16,17,18). The highest BCUT2D eigenvalue weighted by Gasteiger charge is 2.22. The molecular weight excluding hydrogens is 288 g/mol. The van der Waals surface area contributed by atoms with Crippen LogP contribution in [0.1, 0.15) is 22.4 Å². The SMILES string of the molecule is Cc1cscc1-c1nc(NN)c2c3c(sc2n1)CCC3. The van der Waals surface area contributed by atoms with Gasteiger partial charge < -0.3 is 5.43 Å². The van der Waals surface area contributed by atoms with Gasteiger partial charge in [-0.2, -0.15) is 11.3 Å². The summed E-state index contributed by atoms with van der Waals surface area (Å²) in [5.41, 5.74) is 6.47. The van der Waals surface area contributed by atoms with Crippen molar-refractivity contribution in [1.29, 1.82) is 0 Å². The van der Waals surface area contributed by atoms with Crippen LogP contribution < -0.4 is 11.3 Å². The highest BCUT2D eigenvalue weighted by molar-refractivity contribution is 7.19. The number of hydrogen-bond acceptors (Lipinski definition) is 6. The van der Waals surface area contributed by atoms with Crippen LogP contribution in [-0.2, 0) is 12.8 Å². The molecule has 0 aliphatic heterocycles. The van der Waals surface area contributed by atoms with Crippen molar-refractivity contribution in [2.24, 2.45) is 5.84 Å². The van der Waals surface area contributed by atoms with Gasteiger partial charge in [0.15, 0.2) is 11.6 Å². The molecule has 0 spiro atoms. The Kier molecular flexibility index (Phi) is 2.76. The van der Waals surface area contributed by atoms with Gasteiger partial charge in [0, 0.05) is 15.8 Å². The minimum atomic E-state index is 0.759. The molecule has 1 aliphatic carbocycles. The van der Waals surface area contributed by atoms with Crippen molar-refractivity contribution in [3.8, 4) is 11.4 Å². The summed E-state index contributed by atoms with van der Waals surface area (Å²) in [6.45, 7) is 2.09. The van der Waals surface area contributed by atoms with Gasteiger partial charge in [-0.25, -0.2) is 15.8 Å². The quantitative estimate of drug-likeness (QED) is 0.562. The lowest BCUT2D eigenvalue weighted by molar-refractivity contribution is 0.917. The van der Waals surface area contributed by atoms with Crippen LogP contribution in [0.25, 0.3) is 21.6 Å². The Hall–Kier alpha value is -1.50. The zero-order valence-electron chi connectivity index (χ0n) is 11.1. The van der Waals surface area contributed by atoms with Crippen molar-refractivity contribution < 1.29 is 0 Å². The first kappa shape index (κ1) is 12.3. The smallest absolute Gasteiger partial charge is 0.164 e. The summed E-state index contributed by atoms with van der Waals surface area (Å²) in [6, 6.07) is 0. The van der Waals surface area contributed by atoms with E-state index in [1.165, 1.54) is 22.4 Å². The Bertz CT molecular complexity index is 803. The highest BCUT2D eigenvalue weighted by Crippen LogP contribution is 2.40. The monoisotopic (exact) mass is 302 g/mol. The number of rotatable bonds is 2. The molecule has 6 heteroatoms. The van der Waals surface area contributed by atoms with E-state index in [-0.39, 0.29) is 0 Å². The molecule has 3 aromatic heterocycles. The largest absolute Gasteiger partial charge is 0.308 e. The first-order valence-corrected chi connectivity index (χ1v) is 8.36. The Morgan fingerprint density at radius 2 is 2.15 bits per heavy atom. The second-order valence-electron chi connectivity index (χ2n) is 5.05. The molecule has 1 aliphatic rings. The normalized spacial score (nSPS) is 13.9. The zero-order chi connectivity index (χ0) is 13.7. The lowest BCUT2D eigenvalue weighted by Gasteiger charge is -2.06. The van der Waals surface area contributed by atoms with E-state index in [9.17, 15) is 0 Å². The number of aromatic nitrogens is 2. The Labute approximate surface area is 124 Å². The minimum absolute atomic E-state index is 0.759. The summed E-state index contributed by atoms with van der Waals surface area (Å²) in [5, 5.41) is 5.34. The number of hydrogen-bond donors (Lipinski definition) is 2. The summed E-state index contributed by atoms with van der Waals surface area (Å²) in [5.74, 6) is 7.22. The van der Waals surface area contributed by atoms with E-state index in [2.05, 4.69) is 28.1 Å². The van der Waals surface area contributed by atoms with Crippen molar-refractivity contribution in [3.63, 3.8) is 0 Å². The van der Waals surface area contributed by atoms with Gasteiger partial charge in [0.1, 0.15) is 4.83 Å². The number of nitrogens with two attached hydrogens (primary N) is 1. The van der Waals surface area contributed by atoms with E-state index < -0.39 is 0 Å². The Morgan fingerprint density at radius 1 is 1.25 bits per heavy atom. The average Bonchev–Trinajstić information content (AvgIpc) is 3.12. The first-order valence-electron chi connectivity index (χ1n) is 6.60. The number of anilines is 1. The third-order valence-corrected chi connectivity index (χ3v) is 5.84. The van der Waals surface area contributed by atoms with Crippen LogP contribution in [0.3, 0.4) is 0 Å². The van der Waals surface area contributed by atoms with Gasteiger partial charge in [0.05, 0.1) is 5.39 Å². The molecule has 3 heterocycles. The second-order valence-corrected chi connectivity index (χ2v) is 6.87. The first-order chi connectivity index (χ1) is 9.78. The topological polar surface area (TPSA) is 63.8 Å². The van der Waals surface area contributed by atoms with Gasteiger partial charge in [-0.3, -0.25) is 0 Å². The van der Waals surface area contributed by atoms with E-state index in [0.29, 0.717) is 0 Å². The summed E-state index contributed by atoms with van der Waals surface area (Å²) in [7, 11) is 0. The molecule has 0 unspecified atom stereocenters. The maximum Gasteiger partial charge on any atom is 0.164 e. The van der Waals surface area contributed by atoms with Gasteiger partial charge in [0.2, 0.25) is 0 Å². The number of nitrogen functional groups attached to an aromatic ring is 1. The third-order valence-electron chi connectivity index (χ3n) is 3.80. The molecule has 0 bridgehead atoms. The molecule has 3 aromatic rings. The fourth-order valence-electron chi connectivity index (χ4n) is 2.81. The maximum atomic E-state index is 5.70. The summed E-state index contributed by atoms with van der Waals surface area (Å²) in [4.78, 5) is 11.9. The molecule has 102 valence electrons.